The standard InChI is InChI=1S/C22H21F3N4O3/c1-13-10-15-16(11-17(13)32-12-22(23,24)25)29(9-5-8-14-6-3-2-4-7-14)19-18(26-15)20(30)28-21(31)27-19/h2-4,6-7,10-11,21,31H,5,8-9,12H2,1H3,(H,28,30). The summed E-state index contributed by atoms with van der Waals surface area (Å²) in [7, 11) is 0. The molecule has 7 nitrogen and oxygen atoms in total. The number of hydrogen-bond donors (Lipinski definition) is 2. The summed E-state index contributed by atoms with van der Waals surface area (Å²) in [4.78, 5) is 22.6. The highest BCUT2D eigenvalue weighted by Gasteiger charge is 2.36. The van der Waals surface area contributed by atoms with Crippen molar-refractivity contribution < 1.29 is 27.8 Å². The van der Waals surface area contributed by atoms with Crippen molar-refractivity contribution in [3.05, 3.63) is 53.6 Å². The van der Waals surface area contributed by atoms with Crippen LogP contribution in [0.15, 0.2) is 52.4 Å². The van der Waals surface area contributed by atoms with Crippen LogP contribution in [0.2, 0.25) is 0 Å². The van der Waals surface area contributed by atoms with Crippen molar-refractivity contribution in [2.75, 3.05) is 18.1 Å². The van der Waals surface area contributed by atoms with E-state index in [1.54, 1.807) is 17.9 Å². The molecule has 1 unspecified atom stereocenters. The highest BCUT2D eigenvalue weighted by Crippen LogP contribution is 2.39. The number of amidine groups is 1. The van der Waals surface area contributed by atoms with Crippen LogP contribution in [0.3, 0.4) is 0 Å². The molecule has 1 amide bonds. The number of amides is 1. The third kappa shape index (κ3) is 4.75. The van der Waals surface area contributed by atoms with Gasteiger partial charge < -0.3 is 20.1 Å². The Labute approximate surface area is 182 Å². The van der Waals surface area contributed by atoms with Gasteiger partial charge in [0.2, 0.25) is 6.35 Å². The Morgan fingerprint density at radius 1 is 1.22 bits per heavy atom. The van der Waals surface area contributed by atoms with Gasteiger partial charge in [-0.2, -0.15) is 13.2 Å². The zero-order valence-corrected chi connectivity index (χ0v) is 17.2. The molecule has 0 saturated carbocycles. The molecule has 1 atom stereocenters. The number of carbonyl (C=O) groups excluding carboxylic acids is 1. The van der Waals surface area contributed by atoms with Crippen LogP contribution >= 0.6 is 0 Å². The van der Waals surface area contributed by atoms with E-state index in [0.717, 1.165) is 12.0 Å². The first-order valence-corrected chi connectivity index (χ1v) is 10.0. The molecule has 2 aliphatic rings. The number of anilines is 1. The van der Waals surface area contributed by atoms with E-state index in [9.17, 15) is 23.1 Å². The third-order valence-corrected chi connectivity index (χ3v) is 5.06. The Kier molecular flexibility index (Phi) is 5.88. The number of nitrogens with zero attached hydrogens (tertiary/aromatic N) is 3. The Bertz CT molecular complexity index is 1080. The summed E-state index contributed by atoms with van der Waals surface area (Å²) in [5.74, 6) is -0.335. The van der Waals surface area contributed by atoms with Crippen LogP contribution in [0.5, 0.6) is 5.75 Å². The molecule has 0 radical (unpaired) electrons. The van der Waals surface area contributed by atoms with Gasteiger partial charge in [-0.15, -0.1) is 0 Å². The minimum absolute atomic E-state index is 0.0471. The van der Waals surface area contributed by atoms with Gasteiger partial charge in [-0.1, -0.05) is 30.3 Å². The summed E-state index contributed by atoms with van der Waals surface area (Å²) in [5.41, 5.74) is 2.51. The maximum absolute atomic E-state index is 12.7. The van der Waals surface area contributed by atoms with E-state index < -0.39 is 25.0 Å². The van der Waals surface area contributed by atoms with Crippen LogP contribution in [-0.2, 0) is 11.2 Å². The minimum atomic E-state index is -4.47. The summed E-state index contributed by atoms with van der Waals surface area (Å²) in [6.45, 7) is 0.596. The van der Waals surface area contributed by atoms with Crippen LogP contribution < -0.4 is 15.0 Å². The van der Waals surface area contributed by atoms with E-state index >= 15 is 0 Å². The Balaban J connectivity index is 1.68. The molecule has 0 aliphatic carbocycles. The lowest BCUT2D eigenvalue weighted by molar-refractivity contribution is -0.153. The highest BCUT2D eigenvalue weighted by atomic mass is 19.4. The van der Waals surface area contributed by atoms with Crippen molar-refractivity contribution in [1.29, 1.82) is 0 Å². The molecule has 10 heteroatoms. The van der Waals surface area contributed by atoms with Gasteiger partial charge in [0.1, 0.15) is 5.75 Å². The van der Waals surface area contributed by atoms with Crippen LogP contribution in [0.1, 0.15) is 17.5 Å². The fourth-order valence-corrected chi connectivity index (χ4v) is 3.62. The molecule has 4 rings (SSSR count). The van der Waals surface area contributed by atoms with Crippen molar-refractivity contribution in [2.45, 2.75) is 32.3 Å². The van der Waals surface area contributed by atoms with Gasteiger partial charge in [-0.05, 0) is 37.0 Å². The molecule has 2 aromatic rings. The molecule has 32 heavy (non-hydrogen) atoms. The SMILES string of the molecule is Cc1cc2c(cc1OCC(F)(F)F)N(CCCc1ccccc1)C1=NC(O)NC(=O)C1=N2. The van der Waals surface area contributed by atoms with Crippen molar-refractivity contribution >= 4 is 28.8 Å². The molecule has 2 heterocycles. The molecule has 0 fully saturated rings. The molecular formula is C22H21F3N4O3. The van der Waals surface area contributed by atoms with E-state index in [1.165, 1.54) is 6.07 Å². The number of ether oxygens (including phenoxy) is 1. The monoisotopic (exact) mass is 446 g/mol. The Morgan fingerprint density at radius 3 is 2.69 bits per heavy atom. The summed E-state index contributed by atoms with van der Waals surface area (Å²) in [6.07, 6.45) is -4.50. The second-order valence-corrected chi connectivity index (χ2v) is 7.51. The van der Waals surface area contributed by atoms with E-state index in [1.807, 2.05) is 30.3 Å². The predicted octanol–water partition coefficient (Wildman–Crippen LogP) is 3.27. The molecule has 2 aliphatic heterocycles. The maximum atomic E-state index is 12.7. The van der Waals surface area contributed by atoms with Crippen LogP contribution in [0.25, 0.3) is 0 Å². The number of carbonyl (C=O) groups is 1. The van der Waals surface area contributed by atoms with Crippen molar-refractivity contribution in [3.8, 4) is 5.75 Å². The predicted molar refractivity (Wildman–Crippen MR) is 114 cm³/mol. The molecule has 0 spiro atoms. The second-order valence-electron chi connectivity index (χ2n) is 7.51. The number of aryl methyl sites for hydroxylation is 2. The number of halogens is 3. The van der Waals surface area contributed by atoms with Gasteiger partial charge in [0.15, 0.2) is 18.2 Å². The molecule has 168 valence electrons. The van der Waals surface area contributed by atoms with Crippen molar-refractivity contribution in [3.63, 3.8) is 0 Å². The van der Waals surface area contributed by atoms with E-state index in [0.29, 0.717) is 29.9 Å². The molecule has 0 aromatic heterocycles. The zero-order chi connectivity index (χ0) is 22.9. The quantitative estimate of drug-likeness (QED) is 0.713. The summed E-state index contributed by atoms with van der Waals surface area (Å²) in [6, 6.07) is 12.9. The second kappa shape index (κ2) is 8.62. The van der Waals surface area contributed by atoms with Gasteiger partial charge >= 0.3 is 6.18 Å². The number of aliphatic hydroxyl groups is 1. The summed E-state index contributed by atoms with van der Waals surface area (Å²) in [5, 5.41) is 12.2. The average molecular weight is 446 g/mol. The van der Waals surface area contributed by atoms with E-state index in [4.69, 9.17) is 4.74 Å². The topological polar surface area (TPSA) is 86.5 Å². The number of rotatable bonds is 6. The molecule has 2 N–H and O–H groups in total. The third-order valence-electron chi connectivity index (χ3n) is 5.06. The molecule has 0 bridgehead atoms. The first-order valence-electron chi connectivity index (χ1n) is 10.0. The van der Waals surface area contributed by atoms with Crippen molar-refractivity contribution in [2.24, 2.45) is 9.98 Å². The molecular weight excluding hydrogens is 425 g/mol. The van der Waals surface area contributed by atoms with Crippen LogP contribution in [0.4, 0.5) is 24.5 Å². The lowest BCUT2D eigenvalue weighted by Gasteiger charge is -2.34. The minimum Gasteiger partial charge on any atom is -0.484 e. The van der Waals surface area contributed by atoms with Gasteiger partial charge in [0.25, 0.3) is 5.91 Å². The zero-order valence-electron chi connectivity index (χ0n) is 17.2. The van der Waals surface area contributed by atoms with E-state index in [-0.39, 0.29) is 17.3 Å². The van der Waals surface area contributed by atoms with Gasteiger partial charge in [-0.3, -0.25) is 4.79 Å². The Morgan fingerprint density at radius 2 is 1.97 bits per heavy atom. The number of hydrogen-bond acceptors (Lipinski definition) is 6. The number of benzene rings is 2. The van der Waals surface area contributed by atoms with Gasteiger partial charge in [0.05, 0.1) is 11.4 Å². The number of aliphatic hydroxyl groups excluding tert-OH is 1. The average Bonchev–Trinajstić information content (AvgIpc) is 2.73. The Hall–Kier alpha value is -3.40. The number of aliphatic imine (C=N–C) groups is 2. The fraction of sp³-hybridized carbons (Fsp3) is 0.318. The van der Waals surface area contributed by atoms with Gasteiger partial charge in [-0.25, -0.2) is 9.98 Å². The largest absolute Gasteiger partial charge is 0.484 e. The lowest BCUT2D eigenvalue weighted by Crippen LogP contribution is -2.53. The fourth-order valence-electron chi connectivity index (χ4n) is 3.62. The number of nitrogens with one attached hydrogen (secondary N) is 1. The van der Waals surface area contributed by atoms with Gasteiger partial charge in [0, 0.05) is 12.6 Å². The van der Waals surface area contributed by atoms with Crippen molar-refractivity contribution in [1.82, 2.24) is 5.32 Å². The molecule has 0 saturated heterocycles. The smallest absolute Gasteiger partial charge is 0.422 e. The summed E-state index contributed by atoms with van der Waals surface area (Å²) < 4.78 is 43.0. The maximum Gasteiger partial charge on any atom is 0.422 e. The normalized spacial score (nSPS) is 17.7. The number of alkyl halides is 3. The molecule has 2 aromatic carbocycles. The van der Waals surface area contributed by atoms with Crippen LogP contribution in [-0.4, -0.2) is 48.2 Å². The first kappa shape index (κ1) is 21.8. The highest BCUT2D eigenvalue weighted by molar-refractivity contribution is 6.70. The van der Waals surface area contributed by atoms with Crippen LogP contribution in [0, 0.1) is 6.92 Å². The summed E-state index contributed by atoms with van der Waals surface area (Å²) >= 11 is 0. The number of fused-ring (bicyclic) bond motifs is 2. The first-order chi connectivity index (χ1) is 15.2. The van der Waals surface area contributed by atoms with E-state index in [2.05, 4.69) is 15.3 Å². The lowest BCUT2D eigenvalue weighted by atomic mass is 10.1.